The number of rotatable bonds is 4. The minimum Gasteiger partial charge on any atom is -0.362 e. The summed E-state index contributed by atoms with van der Waals surface area (Å²) in [4.78, 5) is 30.1. The average Bonchev–Trinajstić information content (AvgIpc) is 3.04. The van der Waals surface area contributed by atoms with Crippen LogP contribution in [-0.4, -0.2) is 29.9 Å². The van der Waals surface area contributed by atoms with Gasteiger partial charge in [-0.15, -0.1) is 11.3 Å². The molecule has 130 valence electrons. The number of nitrogens with zero attached hydrogens (tertiary/aromatic N) is 2. The lowest BCUT2D eigenvalue weighted by atomic mass is 10.0. The molecule has 0 radical (unpaired) electrons. The number of aryl methyl sites for hydroxylation is 2. The van der Waals surface area contributed by atoms with E-state index in [1.807, 2.05) is 35.4 Å². The molecule has 3 rings (SSSR count). The molecule has 7 heteroatoms. The monoisotopic (exact) mass is 356 g/mol. The molecule has 1 aliphatic heterocycles. The van der Waals surface area contributed by atoms with E-state index in [9.17, 15) is 9.59 Å². The third kappa shape index (κ3) is 4.67. The van der Waals surface area contributed by atoms with E-state index in [-0.39, 0.29) is 12.5 Å². The number of aromatic nitrogens is 1. The summed E-state index contributed by atoms with van der Waals surface area (Å²) in [6.07, 6.45) is 5.02. The molecule has 1 aromatic carbocycles. The minimum atomic E-state index is -0.391. The first-order chi connectivity index (χ1) is 12.1. The fourth-order valence-corrected chi connectivity index (χ4v) is 3.36. The number of carbonyl (C=O) groups excluding carboxylic acids is 2. The maximum Gasteiger partial charge on any atom is 0.262 e. The van der Waals surface area contributed by atoms with Crippen LogP contribution in [0.15, 0.2) is 35.7 Å². The van der Waals surface area contributed by atoms with Crippen LogP contribution in [0.1, 0.15) is 22.7 Å². The Kier molecular flexibility index (Phi) is 5.45. The zero-order valence-electron chi connectivity index (χ0n) is 14.0. The predicted octanol–water partition coefficient (Wildman–Crippen LogP) is 2.06. The molecule has 0 fully saturated rings. The Morgan fingerprint density at radius 3 is 2.96 bits per heavy atom. The smallest absolute Gasteiger partial charge is 0.262 e. The lowest BCUT2D eigenvalue weighted by Crippen LogP contribution is -2.47. The van der Waals surface area contributed by atoms with Crippen molar-refractivity contribution in [3.05, 3.63) is 52.0 Å². The molecular formula is C18H20N4O2S. The molecule has 0 atom stereocenters. The molecule has 1 aliphatic rings. The van der Waals surface area contributed by atoms with Crippen LogP contribution in [0.25, 0.3) is 6.08 Å². The van der Waals surface area contributed by atoms with Crippen LogP contribution in [0.2, 0.25) is 0 Å². The minimum absolute atomic E-state index is 0.215. The molecule has 0 bridgehead atoms. The van der Waals surface area contributed by atoms with Crippen LogP contribution in [0, 0.1) is 6.92 Å². The quantitative estimate of drug-likeness (QED) is 0.650. The highest BCUT2D eigenvalue weighted by atomic mass is 32.1. The molecule has 2 N–H and O–H groups in total. The van der Waals surface area contributed by atoms with Gasteiger partial charge in [-0.05, 0) is 37.5 Å². The van der Waals surface area contributed by atoms with E-state index in [0.717, 1.165) is 35.8 Å². The summed E-state index contributed by atoms with van der Waals surface area (Å²) in [5.41, 5.74) is 7.93. The van der Waals surface area contributed by atoms with Crippen LogP contribution in [-0.2, 0) is 16.0 Å². The summed E-state index contributed by atoms with van der Waals surface area (Å²) < 4.78 is 0. The van der Waals surface area contributed by atoms with E-state index in [1.165, 1.54) is 23.0 Å². The summed E-state index contributed by atoms with van der Waals surface area (Å²) in [6.45, 7) is 2.95. The zero-order chi connectivity index (χ0) is 17.6. The summed E-state index contributed by atoms with van der Waals surface area (Å²) in [7, 11) is 0. The predicted molar refractivity (Wildman–Crippen MR) is 99.1 cm³/mol. The zero-order valence-corrected chi connectivity index (χ0v) is 14.8. The first kappa shape index (κ1) is 17.2. The molecule has 1 aromatic heterocycles. The fraction of sp³-hybridized carbons (Fsp3) is 0.278. The van der Waals surface area contributed by atoms with Crippen LogP contribution in [0.3, 0.4) is 0 Å². The molecule has 6 nitrogen and oxygen atoms in total. The number of hydrazine groups is 1. The van der Waals surface area contributed by atoms with Gasteiger partial charge in [-0.25, -0.2) is 4.98 Å². The number of amides is 2. The third-order valence-electron chi connectivity index (χ3n) is 3.91. The average molecular weight is 356 g/mol. The number of nitrogens with one attached hydrogen (secondary N) is 2. The second-order valence-corrected chi connectivity index (χ2v) is 6.88. The van der Waals surface area contributed by atoms with Crippen LogP contribution in [0.4, 0.5) is 5.69 Å². The highest BCUT2D eigenvalue weighted by Gasteiger charge is 2.18. The number of hydrogen-bond donors (Lipinski definition) is 2. The lowest BCUT2D eigenvalue weighted by molar-refractivity contribution is -0.125. The van der Waals surface area contributed by atoms with Crippen LogP contribution in [0.5, 0.6) is 0 Å². The highest BCUT2D eigenvalue weighted by Crippen LogP contribution is 2.26. The van der Waals surface area contributed by atoms with Gasteiger partial charge in [0.25, 0.3) is 11.8 Å². The molecule has 0 saturated carbocycles. The van der Waals surface area contributed by atoms with Crippen molar-refractivity contribution in [1.82, 2.24) is 15.8 Å². The van der Waals surface area contributed by atoms with Crippen molar-refractivity contribution < 1.29 is 9.59 Å². The Labute approximate surface area is 150 Å². The van der Waals surface area contributed by atoms with Gasteiger partial charge in [0.05, 0.1) is 17.2 Å². The van der Waals surface area contributed by atoms with Gasteiger partial charge in [0.1, 0.15) is 0 Å². The molecule has 0 aliphatic carbocycles. The van der Waals surface area contributed by atoms with Crippen molar-refractivity contribution in [2.75, 3.05) is 18.0 Å². The second kappa shape index (κ2) is 7.94. The van der Waals surface area contributed by atoms with Gasteiger partial charge in [-0.2, -0.15) is 0 Å². The molecular weight excluding hydrogens is 336 g/mol. The van der Waals surface area contributed by atoms with Crippen molar-refractivity contribution >= 4 is 34.9 Å². The molecule has 2 aromatic rings. The highest BCUT2D eigenvalue weighted by molar-refractivity contribution is 7.09. The first-order valence-corrected chi connectivity index (χ1v) is 9.01. The van der Waals surface area contributed by atoms with Crippen LogP contribution >= 0.6 is 11.3 Å². The summed E-state index contributed by atoms with van der Waals surface area (Å²) >= 11 is 1.52. The van der Waals surface area contributed by atoms with Gasteiger partial charge in [0.2, 0.25) is 0 Å². The Bertz CT molecular complexity index is 800. The number of thiazole rings is 1. The van der Waals surface area contributed by atoms with E-state index in [0.29, 0.717) is 0 Å². The number of fused-ring (bicyclic) bond motifs is 1. The van der Waals surface area contributed by atoms with Crippen molar-refractivity contribution in [2.24, 2.45) is 0 Å². The Morgan fingerprint density at radius 1 is 1.32 bits per heavy atom. The number of benzene rings is 1. The molecule has 0 unspecified atom stereocenters. The normalized spacial score (nSPS) is 13.6. The van der Waals surface area contributed by atoms with E-state index in [4.69, 9.17) is 0 Å². The molecule has 25 heavy (non-hydrogen) atoms. The third-order valence-corrected chi connectivity index (χ3v) is 4.70. The van der Waals surface area contributed by atoms with Crippen molar-refractivity contribution in [3.63, 3.8) is 0 Å². The van der Waals surface area contributed by atoms with Gasteiger partial charge in [-0.1, -0.05) is 18.2 Å². The Morgan fingerprint density at radius 2 is 2.16 bits per heavy atom. The van der Waals surface area contributed by atoms with Crippen molar-refractivity contribution in [3.8, 4) is 0 Å². The maximum absolute atomic E-state index is 12.1. The molecule has 0 saturated heterocycles. The Balaban J connectivity index is 1.48. The summed E-state index contributed by atoms with van der Waals surface area (Å²) in [5, 5.41) is 2.81. The summed E-state index contributed by atoms with van der Waals surface area (Å²) in [6, 6.07) is 8.10. The standard InChI is InChI=1S/C18H20N4O2S/c1-13-19-15(12-25-13)8-9-17(23)20-21-18(24)11-22-10-4-6-14-5-2-3-7-16(14)22/h2-3,5,7-9,12H,4,6,10-11H2,1H3,(H,20,23)(H,21,24)/b9-8+. The van der Waals surface area contributed by atoms with Gasteiger partial charge in [0.15, 0.2) is 0 Å². The number of para-hydroxylation sites is 1. The summed E-state index contributed by atoms with van der Waals surface area (Å²) in [5.74, 6) is -0.638. The van der Waals surface area contributed by atoms with Gasteiger partial charge < -0.3 is 4.90 Å². The molecule has 2 amide bonds. The van der Waals surface area contributed by atoms with Gasteiger partial charge in [-0.3, -0.25) is 20.4 Å². The first-order valence-electron chi connectivity index (χ1n) is 8.14. The fourth-order valence-electron chi connectivity index (χ4n) is 2.78. The number of hydrogen-bond acceptors (Lipinski definition) is 5. The van der Waals surface area contributed by atoms with E-state index < -0.39 is 5.91 Å². The molecule has 0 spiro atoms. The topological polar surface area (TPSA) is 74.3 Å². The van der Waals surface area contributed by atoms with Crippen molar-refractivity contribution in [2.45, 2.75) is 19.8 Å². The SMILES string of the molecule is Cc1nc(/C=C/C(=O)NNC(=O)CN2CCCc3ccccc32)cs1. The van der Waals surface area contributed by atoms with Gasteiger partial charge in [0, 0.05) is 23.7 Å². The van der Waals surface area contributed by atoms with Gasteiger partial charge >= 0.3 is 0 Å². The number of anilines is 1. The number of carbonyl (C=O) groups is 2. The Hall–Kier alpha value is -2.67. The largest absolute Gasteiger partial charge is 0.362 e. The van der Waals surface area contributed by atoms with Crippen LogP contribution < -0.4 is 15.8 Å². The lowest BCUT2D eigenvalue weighted by Gasteiger charge is -2.30. The van der Waals surface area contributed by atoms with E-state index in [2.05, 4.69) is 21.9 Å². The molecule has 2 heterocycles. The maximum atomic E-state index is 12.1. The second-order valence-electron chi connectivity index (χ2n) is 5.82. The van der Waals surface area contributed by atoms with Crippen molar-refractivity contribution in [1.29, 1.82) is 0 Å². The van der Waals surface area contributed by atoms with E-state index >= 15 is 0 Å². The van der Waals surface area contributed by atoms with E-state index in [1.54, 1.807) is 6.08 Å².